The van der Waals surface area contributed by atoms with Gasteiger partial charge in [0.05, 0.1) is 11.3 Å². The van der Waals surface area contributed by atoms with Gasteiger partial charge in [-0.05, 0) is 66.4 Å². The minimum absolute atomic E-state index is 0.0613. The van der Waals surface area contributed by atoms with Crippen LogP contribution in [-0.4, -0.2) is 58.8 Å². The van der Waals surface area contributed by atoms with Gasteiger partial charge in [-0.1, -0.05) is 45.9 Å². The largest absolute Gasteiger partial charge is 0.416 e. The van der Waals surface area contributed by atoms with Gasteiger partial charge in [0.1, 0.15) is 12.3 Å². The van der Waals surface area contributed by atoms with Gasteiger partial charge in [0.2, 0.25) is 5.95 Å². The van der Waals surface area contributed by atoms with Crippen molar-refractivity contribution < 1.29 is 14.0 Å². The third kappa shape index (κ3) is 6.75. The number of hydrogen-bond donors (Lipinski definition) is 1. The molecule has 219 valence electrons. The molecule has 2 aromatic carbocycles. The molecular formula is C32H41BN5O3Si. The van der Waals surface area contributed by atoms with Crippen LogP contribution in [0.2, 0.25) is 18.1 Å². The molecule has 3 aromatic rings. The Hall–Kier alpha value is -3.52. The first-order valence-corrected chi connectivity index (χ1v) is 17.3. The third-order valence-corrected chi connectivity index (χ3v) is 13.0. The molecule has 0 saturated heterocycles. The second-order valence-electron chi connectivity index (χ2n) is 12.7. The first-order chi connectivity index (χ1) is 19.9. The van der Waals surface area contributed by atoms with Crippen molar-refractivity contribution in [2.75, 3.05) is 37.0 Å². The van der Waals surface area contributed by atoms with Crippen LogP contribution in [0.4, 0.5) is 17.3 Å². The molecule has 0 spiro atoms. The van der Waals surface area contributed by atoms with E-state index in [9.17, 15) is 10.1 Å². The molecule has 4 rings (SSSR count). The fourth-order valence-corrected chi connectivity index (χ4v) is 6.14. The molecule has 1 aromatic heterocycles. The van der Waals surface area contributed by atoms with Crippen molar-refractivity contribution in [3.05, 3.63) is 65.4 Å². The Morgan fingerprint density at radius 3 is 2.69 bits per heavy atom. The maximum absolute atomic E-state index is 11.6. The minimum atomic E-state index is -2.04. The predicted octanol–water partition coefficient (Wildman–Crippen LogP) is 6.25. The molecule has 8 nitrogen and oxygen atoms in total. The number of carbonyl (C=O) groups is 1. The summed E-state index contributed by atoms with van der Waals surface area (Å²) < 4.78 is 11.9. The average molecular weight is 583 g/mol. The molecule has 1 aliphatic heterocycles. The second kappa shape index (κ2) is 12.8. The summed E-state index contributed by atoms with van der Waals surface area (Å²) in [6, 6.07) is 16.3. The Labute approximate surface area is 251 Å². The van der Waals surface area contributed by atoms with E-state index >= 15 is 0 Å². The van der Waals surface area contributed by atoms with E-state index in [0.717, 1.165) is 47.1 Å². The molecule has 0 aliphatic carbocycles. The van der Waals surface area contributed by atoms with Gasteiger partial charge in [-0.2, -0.15) is 5.26 Å². The van der Waals surface area contributed by atoms with Crippen molar-refractivity contribution in [3.8, 4) is 17.3 Å². The number of nitriles is 1. The van der Waals surface area contributed by atoms with Crippen LogP contribution in [0.1, 0.15) is 50.8 Å². The third-order valence-electron chi connectivity index (χ3n) is 8.50. The molecule has 10 heteroatoms. The summed E-state index contributed by atoms with van der Waals surface area (Å²) in [5.41, 5.74) is 5.43. The van der Waals surface area contributed by atoms with Crippen LogP contribution in [0.3, 0.4) is 0 Å². The SMILES string of the molecule is COCCCc1ccccc1Nc1nccc(-c2cc(C#N)c3c(c2)[C@@](C)(CO[Si](C)(C)C(C)(C)C)CN3[B]C=O)n1. The topological polar surface area (TPSA) is 100 Å². The highest BCUT2D eigenvalue weighted by atomic mass is 28.4. The van der Waals surface area contributed by atoms with E-state index in [4.69, 9.17) is 14.1 Å². The van der Waals surface area contributed by atoms with Gasteiger partial charge >= 0.3 is 7.41 Å². The number of anilines is 3. The van der Waals surface area contributed by atoms with E-state index in [-0.39, 0.29) is 5.04 Å². The number of aryl methyl sites for hydroxylation is 1. The standard InChI is InChI=1S/C32H41BN5O3Si/c1-31(2,3)42(6,7)41-21-32(4)20-38(33-22-39)29-25(19-34)17-24(18-26(29)32)28-14-15-35-30(37-28)36-27-13-9-8-11-23(27)12-10-16-40-5/h8-9,11,13-15,17-18,22H,10,12,16,20-21H2,1-7H3,(H,35,36,37)/t32-/m1/s1. The molecule has 1 aliphatic rings. The zero-order valence-corrected chi connectivity index (χ0v) is 26.8. The Bertz CT molecular complexity index is 1470. The quantitative estimate of drug-likeness (QED) is 0.152. The number of nitrogens with one attached hydrogen (secondary N) is 1. The van der Waals surface area contributed by atoms with E-state index in [0.29, 0.717) is 37.0 Å². The molecule has 2 heterocycles. The van der Waals surface area contributed by atoms with Crippen molar-refractivity contribution in [2.45, 2.75) is 64.1 Å². The molecule has 0 saturated carbocycles. The molecule has 1 atom stereocenters. The number of aromatic nitrogens is 2. The summed E-state index contributed by atoms with van der Waals surface area (Å²) in [7, 11) is 1.18. The Morgan fingerprint density at radius 1 is 1.24 bits per heavy atom. The molecule has 42 heavy (non-hydrogen) atoms. The molecule has 0 fully saturated rings. The van der Waals surface area contributed by atoms with Gasteiger partial charge in [-0.3, -0.25) is 0 Å². The number of hydrogen-bond acceptors (Lipinski definition) is 8. The highest BCUT2D eigenvalue weighted by Crippen LogP contribution is 2.46. The molecule has 0 amide bonds. The van der Waals surface area contributed by atoms with E-state index in [1.807, 2.05) is 35.1 Å². The summed E-state index contributed by atoms with van der Waals surface area (Å²) in [4.78, 5) is 22.8. The van der Waals surface area contributed by atoms with E-state index < -0.39 is 13.7 Å². The second-order valence-corrected chi connectivity index (χ2v) is 17.5. The van der Waals surface area contributed by atoms with Crippen LogP contribution >= 0.6 is 0 Å². The van der Waals surface area contributed by atoms with Crippen molar-refractivity contribution >= 4 is 39.2 Å². The van der Waals surface area contributed by atoms with E-state index in [2.05, 4.69) is 69.3 Å². The zero-order chi connectivity index (χ0) is 30.5. The summed E-state index contributed by atoms with van der Waals surface area (Å²) in [6.07, 6.45) is 4.29. The lowest BCUT2D eigenvalue weighted by Gasteiger charge is -2.39. The molecule has 0 unspecified atom stereocenters. The number of para-hydroxylation sites is 1. The number of rotatable bonds is 12. The summed E-state index contributed by atoms with van der Waals surface area (Å²) in [5.74, 6) is 0.477. The van der Waals surface area contributed by atoms with Crippen molar-refractivity contribution in [1.82, 2.24) is 9.97 Å². The summed E-state index contributed by atoms with van der Waals surface area (Å²) >= 11 is 0. The maximum atomic E-state index is 11.6. The van der Waals surface area contributed by atoms with Crippen LogP contribution in [0, 0.1) is 11.3 Å². The summed E-state index contributed by atoms with van der Waals surface area (Å²) in [5, 5.41) is 13.7. The fourth-order valence-electron chi connectivity index (χ4n) is 5.02. The van der Waals surface area contributed by atoms with Crippen LogP contribution in [0.25, 0.3) is 11.3 Å². The van der Waals surface area contributed by atoms with Gasteiger partial charge in [0.25, 0.3) is 0 Å². The number of nitrogens with zero attached hydrogens (tertiary/aromatic N) is 4. The van der Waals surface area contributed by atoms with Crippen molar-refractivity contribution in [1.29, 1.82) is 5.26 Å². The first kappa shape index (κ1) is 31.4. The Morgan fingerprint density at radius 2 is 2.00 bits per heavy atom. The Balaban J connectivity index is 1.70. The Kier molecular flexibility index (Phi) is 9.56. The molecular weight excluding hydrogens is 541 g/mol. The van der Waals surface area contributed by atoms with Gasteiger partial charge < -0.3 is 24.1 Å². The lowest BCUT2D eigenvalue weighted by atomic mass is 9.83. The molecule has 1 radical (unpaired) electrons. The van der Waals surface area contributed by atoms with Gasteiger partial charge in [-0.25, -0.2) is 9.97 Å². The smallest absolute Gasteiger partial charge is 0.329 e. The van der Waals surface area contributed by atoms with E-state index in [1.165, 1.54) is 7.41 Å². The first-order valence-electron chi connectivity index (χ1n) is 14.4. The van der Waals surface area contributed by atoms with Gasteiger partial charge in [0.15, 0.2) is 8.32 Å². The van der Waals surface area contributed by atoms with Crippen LogP contribution < -0.4 is 10.1 Å². The molecule has 0 bridgehead atoms. The highest BCUT2D eigenvalue weighted by Gasteiger charge is 2.44. The number of ether oxygens (including phenoxy) is 1. The van der Waals surface area contributed by atoms with Crippen molar-refractivity contribution in [3.63, 3.8) is 0 Å². The van der Waals surface area contributed by atoms with Gasteiger partial charge in [0, 0.05) is 55.4 Å². The monoisotopic (exact) mass is 582 g/mol. The van der Waals surface area contributed by atoms with Gasteiger partial charge in [-0.15, -0.1) is 0 Å². The average Bonchev–Trinajstić information content (AvgIpc) is 3.24. The van der Waals surface area contributed by atoms with Crippen molar-refractivity contribution in [2.24, 2.45) is 0 Å². The lowest BCUT2D eigenvalue weighted by Crippen LogP contribution is -2.46. The number of carbonyl (C=O) groups excluding carboxylic acids is 1. The normalized spacial score (nSPS) is 16.6. The van der Waals surface area contributed by atoms with Crippen LogP contribution in [-0.2, 0) is 25.8 Å². The molecule has 1 N–H and O–H groups in total. The lowest BCUT2D eigenvalue weighted by molar-refractivity contribution is 0.195. The summed E-state index contributed by atoms with van der Waals surface area (Å²) in [6.45, 7) is 15.0. The highest BCUT2D eigenvalue weighted by molar-refractivity contribution is 6.74. The van der Waals surface area contributed by atoms with Crippen LogP contribution in [0.15, 0.2) is 48.7 Å². The number of fused-ring (bicyclic) bond motifs is 1. The minimum Gasteiger partial charge on any atom is -0.416 e. The zero-order valence-electron chi connectivity index (χ0n) is 25.8. The maximum Gasteiger partial charge on any atom is 0.329 e. The number of methoxy groups -OCH3 is 1. The predicted molar refractivity (Wildman–Crippen MR) is 172 cm³/mol. The van der Waals surface area contributed by atoms with Crippen LogP contribution in [0.5, 0.6) is 0 Å². The fraction of sp³-hybridized carbons (Fsp3) is 0.438. The number of benzene rings is 2. The van der Waals surface area contributed by atoms with E-state index in [1.54, 1.807) is 13.3 Å².